The lowest BCUT2D eigenvalue weighted by Crippen LogP contribution is -2.46. The number of nitrogens with two attached hydrogens (primary N) is 3. The molecule has 4 atom stereocenters. The van der Waals surface area contributed by atoms with Gasteiger partial charge in [0, 0.05) is 61.9 Å². The van der Waals surface area contributed by atoms with Gasteiger partial charge in [-0.15, -0.1) is 0 Å². The highest BCUT2D eigenvalue weighted by Gasteiger charge is 2.28. The smallest absolute Gasteiger partial charge is 0.280 e. The summed E-state index contributed by atoms with van der Waals surface area (Å²) in [5.74, 6) is -3.10. The summed E-state index contributed by atoms with van der Waals surface area (Å²) < 4.78 is 0. The van der Waals surface area contributed by atoms with E-state index in [-0.39, 0.29) is 98.1 Å². The Morgan fingerprint density at radius 1 is 0.879 bits per heavy atom. The Kier molecular flexibility index (Phi) is 18.7. The zero-order valence-electron chi connectivity index (χ0n) is 33.0. The summed E-state index contributed by atoms with van der Waals surface area (Å²) in [5, 5.41) is 11.3. The number of anilines is 2. The molecule has 2 heterocycles. The van der Waals surface area contributed by atoms with Gasteiger partial charge in [-0.1, -0.05) is 13.8 Å². The molecule has 0 saturated carbocycles. The third-order valence-electron chi connectivity index (χ3n) is 9.03. The fourth-order valence-corrected chi connectivity index (χ4v) is 5.85. The lowest BCUT2D eigenvalue weighted by Gasteiger charge is -2.22. The number of H-pyrrole nitrogens is 1. The lowest BCUT2D eigenvalue weighted by molar-refractivity contribution is -0.134. The summed E-state index contributed by atoms with van der Waals surface area (Å²) in [6, 6.07) is 5.04. The number of thiol groups is 1. The van der Waals surface area contributed by atoms with Crippen molar-refractivity contribution in [2.75, 3.05) is 29.9 Å². The Labute approximate surface area is 341 Å². The van der Waals surface area contributed by atoms with Crippen molar-refractivity contribution in [3.63, 3.8) is 0 Å². The van der Waals surface area contributed by atoms with Crippen LogP contribution in [0.4, 0.5) is 11.6 Å². The van der Waals surface area contributed by atoms with Gasteiger partial charge in [0.15, 0.2) is 28.7 Å². The van der Waals surface area contributed by atoms with Crippen LogP contribution in [0.5, 0.6) is 0 Å². The second-order valence-corrected chi connectivity index (χ2v) is 14.5. The maximum absolute atomic E-state index is 13.3. The molecule has 20 heteroatoms. The van der Waals surface area contributed by atoms with Crippen LogP contribution in [0.15, 0.2) is 40.2 Å². The molecule has 1 aromatic carbocycles. The summed E-state index contributed by atoms with van der Waals surface area (Å²) in [4.78, 5) is 108. The van der Waals surface area contributed by atoms with Crippen LogP contribution in [0, 0.1) is 11.8 Å². The summed E-state index contributed by atoms with van der Waals surface area (Å²) >= 11 is 4.10. The van der Waals surface area contributed by atoms with E-state index in [1.807, 2.05) is 0 Å². The molecule has 0 saturated heterocycles. The van der Waals surface area contributed by atoms with Gasteiger partial charge in [0.2, 0.25) is 17.8 Å². The van der Waals surface area contributed by atoms with E-state index in [0.717, 1.165) is 0 Å². The number of Topliss-reactive ketones (excluding diaryl/α,β-unsaturated/α-hetero) is 3. The van der Waals surface area contributed by atoms with Crippen LogP contribution in [0.1, 0.15) is 88.2 Å². The molecule has 0 aliphatic heterocycles. The number of ketones is 3. The van der Waals surface area contributed by atoms with Gasteiger partial charge in [0.1, 0.15) is 5.78 Å². The zero-order chi connectivity index (χ0) is 42.8. The highest BCUT2D eigenvalue weighted by molar-refractivity contribution is 7.80. The molecule has 314 valence electrons. The van der Waals surface area contributed by atoms with Crippen LogP contribution in [-0.2, 0) is 30.5 Å². The van der Waals surface area contributed by atoms with Gasteiger partial charge in [0.05, 0.1) is 30.5 Å². The van der Waals surface area contributed by atoms with Crippen LogP contribution in [0.2, 0.25) is 0 Å². The largest absolute Gasteiger partial charge is 0.379 e. The number of guanidine groups is 1. The number of hydrogen-bond acceptors (Lipinski definition) is 14. The molecule has 0 aliphatic carbocycles. The number of amides is 3. The minimum absolute atomic E-state index is 0.0484. The molecule has 2 aromatic heterocycles. The van der Waals surface area contributed by atoms with Crippen LogP contribution < -0.4 is 44.0 Å². The van der Waals surface area contributed by atoms with E-state index in [1.165, 1.54) is 6.20 Å². The number of carbonyl (C=O) groups excluding carboxylic acids is 6. The molecule has 58 heavy (non-hydrogen) atoms. The molecule has 3 amide bonds. The number of hydrogen-bond donors (Lipinski definition) is 9. The Balaban J connectivity index is 1.43. The minimum atomic E-state index is -0.951. The van der Waals surface area contributed by atoms with Crippen molar-refractivity contribution < 1.29 is 28.8 Å². The summed E-state index contributed by atoms with van der Waals surface area (Å²) in [7, 11) is 0. The Morgan fingerprint density at radius 2 is 1.57 bits per heavy atom. The maximum Gasteiger partial charge on any atom is 0.280 e. The standard InChI is InChI=1S/C38H54N12O7S/c1-21(34(55)48-28(8-5-15-43-37(39)40)30(53)18-22(2)33(54)46-23(3)29(52)9-6-16-58)17-27(51)7-4-14-42-35(56)24-10-12-25(13-11-24)44-19-26-20-45-32-31(47-26)36(57)50-38(41)49-32/h10-13,20-23,28,44,58H,4-9,14-19H2,1-3H3,(H,42,56)(H,46,54)(H,48,55)(H4,39,40,43)(H3,41,45,49,50,57)/t21-,22-,23+,28+/m0/s1. The van der Waals surface area contributed by atoms with Crippen molar-refractivity contribution in [2.45, 2.75) is 90.8 Å². The number of nitrogens with zero attached hydrogens (tertiary/aromatic N) is 4. The Morgan fingerprint density at radius 3 is 2.26 bits per heavy atom. The molecule has 11 N–H and O–H groups in total. The minimum Gasteiger partial charge on any atom is -0.379 e. The first-order chi connectivity index (χ1) is 27.6. The fraction of sp³-hybridized carbons (Fsp3) is 0.500. The van der Waals surface area contributed by atoms with Crippen molar-refractivity contribution in [1.82, 2.24) is 35.9 Å². The monoisotopic (exact) mass is 822 g/mol. The molecular formula is C38H54N12O7S. The first kappa shape index (κ1) is 46.5. The van der Waals surface area contributed by atoms with Crippen molar-refractivity contribution in [1.29, 1.82) is 0 Å². The van der Waals surface area contributed by atoms with Gasteiger partial charge in [0.25, 0.3) is 11.5 Å². The van der Waals surface area contributed by atoms with Gasteiger partial charge < -0.3 is 38.5 Å². The number of rotatable bonds is 25. The second kappa shape index (κ2) is 23.3. The van der Waals surface area contributed by atoms with Crippen molar-refractivity contribution in [2.24, 2.45) is 28.3 Å². The van der Waals surface area contributed by atoms with Crippen LogP contribution in [0.25, 0.3) is 11.2 Å². The average Bonchev–Trinajstić information content (AvgIpc) is 3.18. The van der Waals surface area contributed by atoms with Gasteiger partial charge in [-0.2, -0.15) is 17.6 Å². The predicted octanol–water partition coefficient (Wildman–Crippen LogP) is 0.930. The number of carbonyl (C=O) groups is 6. The number of fused-ring (bicyclic) bond motifs is 1. The van der Waals surface area contributed by atoms with E-state index in [1.54, 1.807) is 45.0 Å². The maximum atomic E-state index is 13.3. The third-order valence-corrected chi connectivity index (χ3v) is 9.35. The van der Waals surface area contributed by atoms with Crippen LogP contribution in [0.3, 0.4) is 0 Å². The highest BCUT2D eigenvalue weighted by atomic mass is 32.1. The summed E-state index contributed by atoms with van der Waals surface area (Å²) in [5.41, 5.74) is 17.7. The molecule has 3 aromatic rings. The van der Waals surface area contributed by atoms with E-state index < -0.39 is 41.3 Å². The van der Waals surface area contributed by atoms with E-state index in [4.69, 9.17) is 17.2 Å². The number of benzene rings is 1. The molecular weight excluding hydrogens is 769 g/mol. The topological polar surface area (TPSA) is 312 Å². The molecule has 0 fully saturated rings. The van der Waals surface area contributed by atoms with Gasteiger partial charge in [-0.3, -0.25) is 43.5 Å². The van der Waals surface area contributed by atoms with Crippen LogP contribution >= 0.6 is 12.6 Å². The highest BCUT2D eigenvalue weighted by Crippen LogP contribution is 2.14. The first-order valence-electron chi connectivity index (χ1n) is 19.1. The Hall–Kier alpha value is -5.92. The number of nitrogen functional groups attached to an aromatic ring is 1. The zero-order valence-corrected chi connectivity index (χ0v) is 33.9. The lowest BCUT2D eigenvalue weighted by atomic mass is 9.95. The summed E-state index contributed by atoms with van der Waals surface area (Å²) in [6.07, 6.45) is 3.13. The van der Waals surface area contributed by atoms with E-state index in [0.29, 0.717) is 42.0 Å². The Bertz CT molecular complexity index is 2000. The second-order valence-electron chi connectivity index (χ2n) is 14.0. The fourth-order valence-electron chi connectivity index (χ4n) is 5.69. The van der Waals surface area contributed by atoms with E-state index in [2.05, 4.69) is 58.8 Å². The number of aromatic nitrogens is 4. The molecule has 0 bridgehead atoms. The SMILES string of the molecule is C[C@@H](CC(=O)[C@@H](CCCN=C(N)N)NC(=O)[C@@H](C)CC(=O)CCCNC(=O)c1ccc(NCc2cnc3nc(N)[nH]c(=O)c3n2)cc1)C(=O)N[C@H](C)C(=O)CCCS. The molecule has 0 radical (unpaired) electrons. The van der Waals surface area contributed by atoms with Crippen LogP contribution in [-0.4, -0.2) is 91.9 Å². The molecule has 0 unspecified atom stereocenters. The first-order valence-corrected chi connectivity index (χ1v) is 19.7. The quantitative estimate of drug-likeness (QED) is 0.0249. The third kappa shape index (κ3) is 15.5. The molecule has 0 aliphatic rings. The molecule has 19 nitrogen and oxygen atoms in total. The molecule has 3 rings (SSSR count). The van der Waals surface area contributed by atoms with Gasteiger partial charge >= 0.3 is 0 Å². The normalized spacial score (nSPS) is 13.0. The van der Waals surface area contributed by atoms with E-state index in [9.17, 15) is 33.6 Å². The molecule has 0 spiro atoms. The van der Waals surface area contributed by atoms with E-state index >= 15 is 0 Å². The average molecular weight is 823 g/mol. The van der Waals surface area contributed by atoms with Gasteiger partial charge in [-0.25, -0.2) is 9.97 Å². The van der Waals surface area contributed by atoms with Crippen molar-refractivity contribution >= 4 is 76.5 Å². The number of aliphatic imine (C=N–C) groups is 1. The summed E-state index contributed by atoms with van der Waals surface area (Å²) in [6.45, 7) is 5.45. The number of aromatic amines is 1. The van der Waals surface area contributed by atoms with Crippen molar-refractivity contribution in [3.8, 4) is 0 Å². The number of nitrogens with one attached hydrogen (secondary N) is 5. The van der Waals surface area contributed by atoms with Gasteiger partial charge in [-0.05, 0) is 62.6 Å². The van der Waals surface area contributed by atoms with Crippen molar-refractivity contribution in [3.05, 3.63) is 52.1 Å². The predicted molar refractivity (Wildman–Crippen MR) is 223 cm³/mol.